The van der Waals surface area contributed by atoms with Crippen LogP contribution in [0.3, 0.4) is 0 Å². The van der Waals surface area contributed by atoms with E-state index < -0.39 is 57.8 Å². The van der Waals surface area contributed by atoms with E-state index in [1.165, 1.54) is 70.6 Å². The predicted octanol–water partition coefficient (Wildman–Crippen LogP) is 14.2. The van der Waals surface area contributed by atoms with Crippen molar-refractivity contribution in [1.82, 2.24) is 0 Å². The van der Waals surface area contributed by atoms with E-state index in [-0.39, 0.29) is 25.9 Å². The van der Waals surface area contributed by atoms with Crippen molar-refractivity contribution in [3.8, 4) is 0 Å². The number of esters is 3. The van der Waals surface area contributed by atoms with Crippen LogP contribution in [0.4, 0.5) is 0 Å². The molecule has 12 heteroatoms. The molecule has 0 heterocycles. The fraction of sp³-hybridized carbons (Fsp3) is 0.788. The maximum atomic E-state index is 12.8. The lowest BCUT2D eigenvalue weighted by Gasteiger charge is -2.21. The standard InChI is InChI=1S/C52H93O11P/c1-4-7-10-13-16-19-22-24-27-29-32-35-38-41-50(54)59-45-49(63-52(56)43-40-37-34-31-28-25-23-20-17-14-11-8-5-2)47-61-64(57,58)60-46-48(44-53)62-51(55)42-39-36-33-30-26-21-18-15-12-9-6-3/h8,11,17,19-20,22,25,28,48-49,53H,4-7,9-10,12-16,18,21,23-24,26-27,29-47H2,1-3H3,(H,57,58)/b11-8-,20-17-,22-19-,28-25-. The molecule has 11 nitrogen and oxygen atoms in total. The van der Waals surface area contributed by atoms with Crippen LogP contribution in [-0.4, -0.2) is 66.5 Å². The number of hydrogen-bond acceptors (Lipinski definition) is 10. The smallest absolute Gasteiger partial charge is 0.462 e. The van der Waals surface area contributed by atoms with Gasteiger partial charge in [-0.25, -0.2) is 4.57 Å². The lowest BCUT2D eigenvalue weighted by Crippen LogP contribution is -2.30. The fourth-order valence-corrected chi connectivity index (χ4v) is 7.62. The van der Waals surface area contributed by atoms with Crippen LogP contribution in [-0.2, 0) is 42.2 Å². The van der Waals surface area contributed by atoms with E-state index in [1.54, 1.807) is 0 Å². The molecule has 0 aliphatic heterocycles. The minimum atomic E-state index is -4.74. The lowest BCUT2D eigenvalue weighted by molar-refractivity contribution is -0.161. The first-order valence-electron chi connectivity index (χ1n) is 25.5. The topological polar surface area (TPSA) is 155 Å². The van der Waals surface area contributed by atoms with E-state index in [2.05, 4.69) is 69.4 Å². The van der Waals surface area contributed by atoms with Crippen LogP contribution in [0.15, 0.2) is 48.6 Å². The monoisotopic (exact) mass is 925 g/mol. The molecule has 3 unspecified atom stereocenters. The van der Waals surface area contributed by atoms with Crippen LogP contribution in [0.5, 0.6) is 0 Å². The molecule has 0 fully saturated rings. The van der Waals surface area contributed by atoms with Crippen molar-refractivity contribution in [2.24, 2.45) is 0 Å². The highest BCUT2D eigenvalue weighted by molar-refractivity contribution is 7.47. The molecule has 3 atom stereocenters. The van der Waals surface area contributed by atoms with Crippen LogP contribution in [0.25, 0.3) is 0 Å². The highest BCUT2D eigenvalue weighted by atomic mass is 31.2. The molecular weight excluding hydrogens is 832 g/mol. The predicted molar refractivity (Wildman–Crippen MR) is 261 cm³/mol. The van der Waals surface area contributed by atoms with Crippen molar-refractivity contribution >= 4 is 25.7 Å². The SMILES string of the molecule is CC/C=C\C/C=C\C/C=C\CCCCCC(=O)OC(COC(=O)CCCCCCC/C=C\CCCCCC)COP(=O)(O)OCC(CO)OC(=O)CCCCCCCCCCCCC. The molecule has 0 amide bonds. The molecule has 0 spiro atoms. The molecule has 0 aromatic heterocycles. The van der Waals surface area contributed by atoms with Gasteiger partial charge in [-0.2, -0.15) is 0 Å². The van der Waals surface area contributed by atoms with Gasteiger partial charge in [-0.15, -0.1) is 0 Å². The summed E-state index contributed by atoms with van der Waals surface area (Å²) in [5.41, 5.74) is 0. The first-order valence-corrected chi connectivity index (χ1v) is 27.0. The van der Waals surface area contributed by atoms with E-state index >= 15 is 0 Å². The number of phosphoric ester groups is 1. The Hall–Kier alpha value is -2.56. The van der Waals surface area contributed by atoms with Crippen molar-refractivity contribution in [3.05, 3.63) is 48.6 Å². The molecule has 0 rings (SSSR count). The number of phosphoric acid groups is 1. The quantitative estimate of drug-likeness (QED) is 0.0197. The third-order valence-electron chi connectivity index (χ3n) is 10.7. The molecule has 0 saturated carbocycles. The second kappa shape index (κ2) is 47.0. The number of hydrogen-bond donors (Lipinski definition) is 2. The minimum absolute atomic E-state index is 0.132. The Morgan fingerprint density at radius 2 is 0.812 bits per heavy atom. The number of carbonyl (C=O) groups excluding carboxylic acids is 3. The van der Waals surface area contributed by atoms with Crippen LogP contribution < -0.4 is 0 Å². The average Bonchev–Trinajstić information content (AvgIpc) is 3.28. The molecule has 0 aromatic rings. The Morgan fingerprint density at radius 3 is 1.30 bits per heavy atom. The third-order valence-corrected chi connectivity index (χ3v) is 11.7. The zero-order valence-corrected chi connectivity index (χ0v) is 41.6. The van der Waals surface area contributed by atoms with E-state index in [0.717, 1.165) is 96.3 Å². The third kappa shape index (κ3) is 44.6. The van der Waals surface area contributed by atoms with Gasteiger partial charge < -0.3 is 24.2 Å². The van der Waals surface area contributed by atoms with Gasteiger partial charge in [0.15, 0.2) is 6.10 Å². The summed E-state index contributed by atoms with van der Waals surface area (Å²) in [6.45, 7) is 4.45. The zero-order valence-electron chi connectivity index (χ0n) is 40.7. The number of ether oxygens (including phenoxy) is 3. The Bertz CT molecular complexity index is 1260. The van der Waals surface area contributed by atoms with Crippen LogP contribution in [0.1, 0.15) is 226 Å². The molecule has 2 N–H and O–H groups in total. The number of aliphatic hydroxyl groups is 1. The second-order valence-electron chi connectivity index (χ2n) is 17.0. The lowest BCUT2D eigenvalue weighted by atomic mass is 10.1. The van der Waals surface area contributed by atoms with Gasteiger partial charge in [0.05, 0.1) is 19.8 Å². The largest absolute Gasteiger partial charge is 0.472 e. The molecule has 64 heavy (non-hydrogen) atoms. The molecule has 372 valence electrons. The van der Waals surface area contributed by atoms with Crippen molar-refractivity contribution in [1.29, 1.82) is 0 Å². The summed E-state index contributed by atoms with van der Waals surface area (Å²) in [4.78, 5) is 48.2. The summed E-state index contributed by atoms with van der Waals surface area (Å²) in [5, 5.41) is 9.75. The molecule has 0 aliphatic rings. The molecular formula is C52H93O11P. The number of carbonyl (C=O) groups is 3. The summed E-state index contributed by atoms with van der Waals surface area (Å²) in [6, 6.07) is 0. The summed E-state index contributed by atoms with van der Waals surface area (Å²) in [5.74, 6) is -1.51. The van der Waals surface area contributed by atoms with Crippen LogP contribution in [0, 0.1) is 0 Å². The molecule has 0 aromatic carbocycles. The molecule has 0 aliphatic carbocycles. The van der Waals surface area contributed by atoms with Gasteiger partial charge in [0.25, 0.3) is 0 Å². The Morgan fingerprint density at radius 1 is 0.453 bits per heavy atom. The highest BCUT2D eigenvalue weighted by Crippen LogP contribution is 2.43. The Labute approximate surface area is 390 Å². The summed E-state index contributed by atoms with van der Waals surface area (Å²) in [7, 11) is -4.74. The first kappa shape index (κ1) is 61.4. The van der Waals surface area contributed by atoms with Gasteiger partial charge >= 0.3 is 25.7 Å². The normalized spacial score (nSPS) is 13.9. The van der Waals surface area contributed by atoms with Gasteiger partial charge in [0.2, 0.25) is 0 Å². The number of rotatable bonds is 47. The first-order chi connectivity index (χ1) is 31.2. The Kier molecular flexibility index (Phi) is 45.1. The fourth-order valence-electron chi connectivity index (χ4n) is 6.83. The summed E-state index contributed by atoms with van der Waals surface area (Å²) < 4.78 is 39.3. The van der Waals surface area contributed by atoms with Gasteiger partial charge in [0, 0.05) is 19.3 Å². The van der Waals surface area contributed by atoms with Gasteiger partial charge in [0.1, 0.15) is 12.7 Å². The number of unbranched alkanes of at least 4 members (excludes halogenated alkanes) is 22. The van der Waals surface area contributed by atoms with E-state index in [4.69, 9.17) is 23.3 Å². The molecule has 0 saturated heterocycles. The van der Waals surface area contributed by atoms with Gasteiger partial charge in [-0.05, 0) is 77.0 Å². The van der Waals surface area contributed by atoms with Crippen molar-refractivity contribution in [3.63, 3.8) is 0 Å². The van der Waals surface area contributed by atoms with Crippen LogP contribution >= 0.6 is 7.82 Å². The summed E-state index contributed by atoms with van der Waals surface area (Å²) in [6.07, 6.45) is 46.6. The minimum Gasteiger partial charge on any atom is -0.462 e. The molecule has 0 bridgehead atoms. The number of aliphatic hydroxyl groups excluding tert-OH is 1. The van der Waals surface area contributed by atoms with Crippen LogP contribution in [0.2, 0.25) is 0 Å². The zero-order chi connectivity index (χ0) is 47.0. The van der Waals surface area contributed by atoms with E-state index in [9.17, 15) is 28.9 Å². The maximum absolute atomic E-state index is 12.8. The van der Waals surface area contributed by atoms with Gasteiger partial charge in [-0.3, -0.25) is 23.4 Å². The highest BCUT2D eigenvalue weighted by Gasteiger charge is 2.28. The molecule has 0 radical (unpaired) electrons. The van der Waals surface area contributed by atoms with Crippen molar-refractivity contribution in [2.45, 2.75) is 238 Å². The van der Waals surface area contributed by atoms with Crippen molar-refractivity contribution < 1.29 is 52.2 Å². The van der Waals surface area contributed by atoms with Gasteiger partial charge in [-0.1, -0.05) is 179 Å². The second-order valence-corrected chi connectivity index (χ2v) is 18.4. The van der Waals surface area contributed by atoms with E-state index in [1.807, 2.05) is 0 Å². The van der Waals surface area contributed by atoms with Crippen molar-refractivity contribution in [2.75, 3.05) is 26.4 Å². The average molecular weight is 925 g/mol. The van der Waals surface area contributed by atoms with E-state index in [0.29, 0.717) is 19.3 Å². The number of allylic oxidation sites excluding steroid dienone is 8. The maximum Gasteiger partial charge on any atom is 0.472 e. The Balaban J connectivity index is 4.79. The summed E-state index contributed by atoms with van der Waals surface area (Å²) >= 11 is 0.